The number of aromatic nitrogens is 4. The van der Waals surface area contributed by atoms with Gasteiger partial charge in [-0.1, -0.05) is 11.8 Å². The average Bonchev–Trinajstić information content (AvgIpc) is 3.08. The second kappa shape index (κ2) is 7.69. The van der Waals surface area contributed by atoms with Crippen LogP contribution < -0.4 is 9.47 Å². The van der Waals surface area contributed by atoms with Gasteiger partial charge in [0, 0.05) is 5.75 Å². The van der Waals surface area contributed by atoms with Gasteiger partial charge >= 0.3 is 0 Å². The van der Waals surface area contributed by atoms with Crippen LogP contribution in [0.3, 0.4) is 0 Å². The highest BCUT2D eigenvalue weighted by molar-refractivity contribution is 7.99. The zero-order valence-corrected chi connectivity index (χ0v) is 13.8. The van der Waals surface area contributed by atoms with Gasteiger partial charge in [0.1, 0.15) is 17.2 Å². The molecule has 0 spiro atoms. The SMILES string of the molecule is COc1ccc(OCCSc2nnnn2-c2ccc(O)cc2)cc1. The van der Waals surface area contributed by atoms with Gasteiger partial charge in [0.2, 0.25) is 5.16 Å². The summed E-state index contributed by atoms with van der Waals surface area (Å²) in [5.41, 5.74) is 0.788. The molecule has 0 saturated heterocycles. The van der Waals surface area contributed by atoms with Crippen LogP contribution in [-0.4, -0.2) is 44.8 Å². The van der Waals surface area contributed by atoms with Crippen LogP contribution in [-0.2, 0) is 0 Å². The summed E-state index contributed by atoms with van der Waals surface area (Å²) < 4.78 is 12.4. The molecule has 8 heteroatoms. The third kappa shape index (κ3) is 3.96. The molecule has 0 aliphatic heterocycles. The second-order valence-electron chi connectivity index (χ2n) is 4.76. The Kier molecular flexibility index (Phi) is 5.17. The molecule has 0 aliphatic carbocycles. The van der Waals surface area contributed by atoms with E-state index in [0.29, 0.717) is 17.5 Å². The third-order valence-corrected chi connectivity index (χ3v) is 4.06. The van der Waals surface area contributed by atoms with E-state index < -0.39 is 0 Å². The lowest BCUT2D eigenvalue weighted by Crippen LogP contribution is -2.03. The predicted octanol–water partition coefficient (Wildman–Crippen LogP) is 2.55. The van der Waals surface area contributed by atoms with Crippen LogP contribution in [0.1, 0.15) is 0 Å². The Balaban J connectivity index is 1.54. The van der Waals surface area contributed by atoms with Gasteiger partial charge in [0.05, 0.1) is 19.4 Å². The van der Waals surface area contributed by atoms with Crippen LogP contribution in [0.15, 0.2) is 53.7 Å². The van der Waals surface area contributed by atoms with E-state index in [0.717, 1.165) is 17.2 Å². The number of hydrogen-bond acceptors (Lipinski definition) is 7. The van der Waals surface area contributed by atoms with Crippen molar-refractivity contribution in [3.05, 3.63) is 48.5 Å². The van der Waals surface area contributed by atoms with Crippen molar-refractivity contribution in [3.63, 3.8) is 0 Å². The maximum atomic E-state index is 9.35. The molecule has 0 unspecified atom stereocenters. The molecule has 0 fully saturated rings. The summed E-state index contributed by atoms with van der Waals surface area (Å²) in [6.45, 7) is 0.527. The Bertz CT molecular complexity index is 775. The van der Waals surface area contributed by atoms with Crippen molar-refractivity contribution in [1.82, 2.24) is 20.2 Å². The zero-order chi connectivity index (χ0) is 16.8. The minimum Gasteiger partial charge on any atom is -0.508 e. The van der Waals surface area contributed by atoms with Crippen LogP contribution >= 0.6 is 11.8 Å². The molecule has 0 aliphatic rings. The van der Waals surface area contributed by atoms with E-state index in [2.05, 4.69) is 15.5 Å². The zero-order valence-electron chi connectivity index (χ0n) is 13.0. The molecular weight excluding hydrogens is 328 g/mol. The van der Waals surface area contributed by atoms with Gasteiger partial charge < -0.3 is 14.6 Å². The molecule has 124 valence electrons. The maximum Gasteiger partial charge on any atom is 0.214 e. The first-order valence-electron chi connectivity index (χ1n) is 7.24. The molecule has 0 amide bonds. The molecule has 0 bridgehead atoms. The van der Waals surface area contributed by atoms with Crippen molar-refractivity contribution >= 4 is 11.8 Å². The molecule has 24 heavy (non-hydrogen) atoms. The number of thioether (sulfide) groups is 1. The van der Waals surface area contributed by atoms with Gasteiger partial charge in [0.25, 0.3) is 0 Å². The lowest BCUT2D eigenvalue weighted by Gasteiger charge is -2.07. The number of tetrazole rings is 1. The summed E-state index contributed by atoms with van der Waals surface area (Å²) in [4.78, 5) is 0. The van der Waals surface area contributed by atoms with Gasteiger partial charge in [-0.05, 0) is 59.0 Å². The van der Waals surface area contributed by atoms with Gasteiger partial charge in [-0.25, -0.2) is 0 Å². The van der Waals surface area contributed by atoms with E-state index in [1.54, 1.807) is 36.1 Å². The van der Waals surface area contributed by atoms with Crippen molar-refractivity contribution < 1.29 is 14.6 Å². The fourth-order valence-corrected chi connectivity index (χ4v) is 2.70. The summed E-state index contributed by atoms with van der Waals surface area (Å²) in [6, 6.07) is 14.1. The minimum atomic E-state index is 0.203. The van der Waals surface area contributed by atoms with Crippen LogP contribution in [0, 0.1) is 0 Å². The lowest BCUT2D eigenvalue weighted by molar-refractivity contribution is 0.342. The molecule has 1 heterocycles. The first-order chi connectivity index (χ1) is 11.8. The first kappa shape index (κ1) is 16.1. The quantitative estimate of drug-likeness (QED) is 0.521. The van der Waals surface area contributed by atoms with Gasteiger partial charge in [-0.3, -0.25) is 0 Å². The normalized spacial score (nSPS) is 10.5. The molecule has 1 N–H and O–H groups in total. The van der Waals surface area contributed by atoms with E-state index in [-0.39, 0.29) is 5.75 Å². The Morgan fingerprint density at radius 2 is 1.75 bits per heavy atom. The molecule has 0 radical (unpaired) electrons. The van der Waals surface area contributed by atoms with Crippen LogP contribution in [0.25, 0.3) is 5.69 Å². The predicted molar refractivity (Wildman–Crippen MR) is 90.0 cm³/mol. The number of nitrogens with zero attached hydrogens (tertiary/aromatic N) is 4. The summed E-state index contributed by atoms with van der Waals surface area (Å²) >= 11 is 1.49. The maximum absolute atomic E-state index is 9.35. The average molecular weight is 344 g/mol. The highest BCUT2D eigenvalue weighted by atomic mass is 32.2. The molecular formula is C16H16N4O3S. The van der Waals surface area contributed by atoms with E-state index in [1.165, 1.54) is 11.8 Å². The number of methoxy groups -OCH3 is 1. The Hall–Kier alpha value is -2.74. The van der Waals surface area contributed by atoms with Crippen molar-refractivity contribution in [3.8, 4) is 22.9 Å². The molecule has 7 nitrogen and oxygen atoms in total. The van der Waals surface area contributed by atoms with Crippen molar-refractivity contribution in [2.24, 2.45) is 0 Å². The van der Waals surface area contributed by atoms with Gasteiger partial charge in [-0.15, -0.1) is 5.10 Å². The Labute approximate surface area is 143 Å². The van der Waals surface area contributed by atoms with Crippen LogP contribution in [0.4, 0.5) is 0 Å². The fourth-order valence-electron chi connectivity index (χ4n) is 1.99. The molecule has 3 aromatic rings. The van der Waals surface area contributed by atoms with E-state index >= 15 is 0 Å². The lowest BCUT2D eigenvalue weighted by atomic mass is 10.3. The van der Waals surface area contributed by atoms with Gasteiger partial charge in [0.15, 0.2) is 0 Å². The fraction of sp³-hybridized carbons (Fsp3) is 0.188. The topological polar surface area (TPSA) is 82.3 Å². The smallest absolute Gasteiger partial charge is 0.214 e. The third-order valence-electron chi connectivity index (χ3n) is 3.18. The van der Waals surface area contributed by atoms with Crippen molar-refractivity contribution in [1.29, 1.82) is 0 Å². The number of hydrogen-bond donors (Lipinski definition) is 1. The van der Waals surface area contributed by atoms with Crippen LogP contribution in [0.2, 0.25) is 0 Å². The number of benzene rings is 2. The molecule has 1 aromatic heterocycles. The van der Waals surface area contributed by atoms with E-state index in [9.17, 15) is 5.11 Å². The molecule has 0 saturated carbocycles. The minimum absolute atomic E-state index is 0.203. The first-order valence-corrected chi connectivity index (χ1v) is 8.22. The summed E-state index contributed by atoms with van der Waals surface area (Å²) in [6.07, 6.45) is 0. The van der Waals surface area contributed by atoms with E-state index in [1.807, 2.05) is 24.3 Å². The number of ether oxygens (including phenoxy) is 2. The van der Waals surface area contributed by atoms with Crippen molar-refractivity contribution in [2.45, 2.75) is 5.16 Å². The van der Waals surface area contributed by atoms with Crippen LogP contribution in [0.5, 0.6) is 17.2 Å². The largest absolute Gasteiger partial charge is 0.508 e. The standard InChI is InChI=1S/C16H16N4O3S/c1-22-14-6-8-15(9-7-14)23-10-11-24-16-17-18-19-20(16)12-2-4-13(21)5-3-12/h2-9,21H,10-11H2,1H3. The summed E-state index contributed by atoms with van der Waals surface area (Å²) in [5.74, 6) is 2.48. The highest BCUT2D eigenvalue weighted by Crippen LogP contribution is 2.21. The molecule has 2 aromatic carbocycles. The number of phenolic OH excluding ortho intramolecular Hbond substituents is 1. The van der Waals surface area contributed by atoms with Gasteiger partial charge in [-0.2, -0.15) is 4.68 Å². The number of phenols is 1. The molecule has 3 rings (SSSR count). The monoisotopic (exact) mass is 344 g/mol. The second-order valence-corrected chi connectivity index (χ2v) is 5.82. The van der Waals surface area contributed by atoms with Crippen molar-refractivity contribution in [2.75, 3.05) is 19.5 Å². The summed E-state index contributed by atoms with van der Waals surface area (Å²) in [5, 5.41) is 21.7. The van der Waals surface area contributed by atoms with E-state index in [4.69, 9.17) is 9.47 Å². The Morgan fingerprint density at radius 1 is 1.04 bits per heavy atom. The molecule has 0 atom stereocenters. The number of rotatable bonds is 7. The Morgan fingerprint density at radius 3 is 2.46 bits per heavy atom. The highest BCUT2D eigenvalue weighted by Gasteiger charge is 2.09. The summed E-state index contributed by atoms with van der Waals surface area (Å²) in [7, 11) is 1.63. The number of aromatic hydroxyl groups is 1.